The monoisotopic (exact) mass is 389 g/mol. The summed E-state index contributed by atoms with van der Waals surface area (Å²) in [7, 11) is 1.60. The number of amides is 1. The van der Waals surface area contributed by atoms with E-state index in [1.807, 2.05) is 37.3 Å². The van der Waals surface area contributed by atoms with E-state index >= 15 is 0 Å². The smallest absolute Gasteiger partial charge is 0.267 e. The van der Waals surface area contributed by atoms with Gasteiger partial charge in [-0.05, 0) is 42.8 Å². The van der Waals surface area contributed by atoms with E-state index in [2.05, 4.69) is 10.6 Å². The van der Waals surface area contributed by atoms with Gasteiger partial charge < -0.3 is 15.4 Å². The first-order chi connectivity index (χ1) is 12.4. The first kappa shape index (κ1) is 19.6. The first-order valence-electron chi connectivity index (χ1n) is 7.71. The highest BCUT2D eigenvalue weighted by Crippen LogP contribution is 2.25. The number of carbonyl (C=O) groups excluding carboxylic acids is 1. The molecule has 0 saturated heterocycles. The number of nitriles is 1. The molecule has 0 aliphatic carbocycles. The van der Waals surface area contributed by atoms with Crippen molar-refractivity contribution in [2.24, 2.45) is 0 Å². The fourth-order valence-electron chi connectivity index (χ4n) is 2.13. The van der Waals surface area contributed by atoms with Crippen LogP contribution < -0.4 is 15.4 Å². The van der Waals surface area contributed by atoms with Crippen molar-refractivity contribution in [3.8, 4) is 11.8 Å². The molecule has 5 nitrogen and oxygen atoms in total. The van der Waals surface area contributed by atoms with Gasteiger partial charge in [-0.25, -0.2) is 0 Å². The van der Waals surface area contributed by atoms with Crippen LogP contribution >= 0.6 is 23.2 Å². The minimum Gasteiger partial charge on any atom is -0.497 e. The Bertz CT molecular complexity index is 858. The van der Waals surface area contributed by atoms with Crippen molar-refractivity contribution in [2.45, 2.75) is 13.0 Å². The number of halogens is 2. The standard InChI is InChI=1S/C19H17Cl2N3O2/c1-12(13-3-6-16(26-2)7-4-13)23-11-14(10-22)19(25)24-18-9-15(20)5-8-17(18)21/h3-9,11-12,23H,1-2H3,(H,24,25)/b14-11-. The second-order valence-electron chi connectivity index (χ2n) is 5.41. The van der Waals surface area contributed by atoms with Crippen LogP contribution in [-0.2, 0) is 4.79 Å². The molecule has 1 atom stereocenters. The number of rotatable bonds is 6. The van der Waals surface area contributed by atoms with Crippen LogP contribution in [0.3, 0.4) is 0 Å². The summed E-state index contributed by atoms with van der Waals surface area (Å²) in [5, 5.41) is 15.6. The highest BCUT2D eigenvalue weighted by Gasteiger charge is 2.12. The fraction of sp³-hybridized carbons (Fsp3) is 0.158. The molecule has 2 rings (SSSR count). The van der Waals surface area contributed by atoms with E-state index in [1.54, 1.807) is 19.2 Å². The quantitative estimate of drug-likeness (QED) is 0.554. The first-order valence-corrected chi connectivity index (χ1v) is 8.47. The van der Waals surface area contributed by atoms with Gasteiger partial charge in [0.25, 0.3) is 5.91 Å². The molecule has 0 aliphatic heterocycles. The Balaban J connectivity index is 2.07. The zero-order valence-corrected chi connectivity index (χ0v) is 15.7. The molecule has 0 heterocycles. The van der Waals surface area contributed by atoms with Gasteiger partial charge in [0.15, 0.2) is 0 Å². The Morgan fingerprint density at radius 1 is 1.23 bits per heavy atom. The summed E-state index contributed by atoms with van der Waals surface area (Å²) < 4.78 is 5.12. The third-order valence-corrected chi connectivity index (χ3v) is 4.20. The molecule has 2 aromatic rings. The average molecular weight is 390 g/mol. The zero-order valence-electron chi connectivity index (χ0n) is 14.2. The summed E-state index contributed by atoms with van der Waals surface area (Å²) in [6.07, 6.45) is 1.38. The molecule has 2 aromatic carbocycles. The van der Waals surface area contributed by atoms with Gasteiger partial charge in [-0.2, -0.15) is 5.26 Å². The van der Waals surface area contributed by atoms with Gasteiger partial charge in [0.05, 0.1) is 17.8 Å². The number of benzene rings is 2. The summed E-state index contributed by atoms with van der Waals surface area (Å²) in [4.78, 5) is 12.3. The lowest BCUT2D eigenvalue weighted by Gasteiger charge is -2.13. The molecule has 0 fully saturated rings. The average Bonchev–Trinajstić information content (AvgIpc) is 2.65. The number of anilines is 1. The van der Waals surface area contributed by atoms with E-state index in [0.29, 0.717) is 15.7 Å². The van der Waals surface area contributed by atoms with Crippen LogP contribution in [0, 0.1) is 11.3 Å². The Labute approximate surface area is 162 Å². The van der Waals surface area contributed by atoms with Gasteiger partial charge in [0.1, 0.15) is 17.4 Å². The molecule has 0 radical (unpaired) electrons. The van der Waals surface area contributed by atoms with Crippen molar-refractivity contribution in [3.63, 3.8) is 0 Å². The number of ether oxygens (including phenoxy) is 1. The number of hydrogen-bond donors (Lipinski definition) is 2. The third kappa shape index (κ3) is 5.16. The van der Waals surface area contributed by atoms with E-state index in [9.17, 15) is 10.1 Å². The second-order valence-corrected chi connectivity index (χ2v) is 6.25. The maximum Gasteiger partial charge on any atom is 0.267 e. The number of nitrogens with zero attached hydrogens (tertiary/aromatic N) is 1. The lowest BCUT2D eigenvalue weighted by atomic mass is 10.1. The van der Waals surface area contributed by atoms with Crippen LogP contribution in [-0.4, -0.2) is 13.0 Å². The van der Waals surface area contributed by atoms with Crippen LogP contribution in [0.4, 0.5) is 5.69 Å². The predicted octanol–water partition coefficient (Wildman–Crippen LogP) is 4.70. The zero-order chi connectivity index (χ0) is 19.1. The summed E-state index contributed by atoms with van der Waals surface area (Å²) in [6.45, 7) is 1.92. The molecule has 1 unspecified atom stereocenters. The minimum atomic E-state index is -0.578. The summed E-state index contributed by atoms with van der Waals surface area (Å²) in [6, 6.07) is 14.0. The molecule has 0 aliphatic rings. The van der Waals surface area contributed by atoms with Crippen LogP contribution in [0.2, 0.25) is 10.0 Å². The molecule has 26 heavy (non-hydrogen) atoms. The highest BCUT2D eigenvalue weighted by molar-refractivity contribution is 6.35. The van der Waals surface area contributed by atoms with E-state index < -0.39 is 5.91 Å². The van der Waals surface area contributed by atoms with E-state index in [1.165, 1.54) is 12.3 Å². The molecule has 134 valence electrons. The number of nitrogens with one attached hydrogen (secondary N) is 2. The second kappa shape index (κ2) is 9.14. The van der Waals surface area contributed by atoms with E-state index in [-0.39, 0.29) is 11.6 Å². The topological polar surface area (TPSA) is 74.1 Å². The predicted molar refractivity (Wildman–Crippen MR) is 103 cm³/mol. The molecule has 7 heteroatoms. The van der Waals surface area contributed by atoms with Crippen LogP contribution in [0.1, 0.15) is 18.5 Å². The largest absolute Gasteiger partial charge is 0.497 e. The van der Waals surface area contributed by atoms with Gasteiger partial charge in [-0.15, -0.1) is 0 Å². The summed E-state index contributed by atoms with van der Waals surface area (Å²) in [5.41, 5.74) is 1.24. The van der Waals surface area contributed by atoms with E-state index in [4.69, 9.17) is 27.9 Å². The molecule has 0 bridgehead atoms. The van der Waals surface area contributed by atoms with Crippen molar-refractivity contribution in [1.29, 1.82) is 5.26 Å². The molecule has 1 amide bonds. The van der Waals surface area contributed by atoms with Crippen LogP contribution in [0.25, 0.3) is 0 Å². The van der Waals surface area contributed by atoms with Gasteiger partial charge in [-0.3, -0.25) is 4.79 Å². The summed E-state index contributed by atoms with van der Waals surface area (Å²) in [5.74, 6) is 0.179. The normalized spacial score (nSPS) is 12.0. The maximum absolute atomic E-state index is 12.3. The number of methoxy groups -OCH3 is 1. The van der Waals surface area contributed by atoms with Gasteiger partial charge in [-0.1, -0.05) is 35.3 Å². The van der Waals surface area contributed by atoms with Crippen molar-refractivity contribution in [3.05, 3.63) is 69.8 Å². The molecule has 0 spiro atoms. The Morgan fingerprint density at radius 2 is 1.92 bits per heavy atom. The van der Waals surface area contributed by atoms with Gasteiger partial charge in [0.2, 0.25) is 0 Å². The fourth-order valence-corrected chi connectivity index (χ4v) is 2.47. The highest BCUT2D eigenvalue weighted by atomic mass is 35.5. The number of hydrogen-bond acceptors (Lipinski definition) is 4. The van der Waals surface area contributed by atoms with Crippen LogP contribution in [0.15, 0.2) is 54.2 Å². The van der Waals surface area contributed by atoms with Crippen molar-refractivity contribution < 1.29 is 9.53 Å². The minimum absolute atomic E-state index is 0.0820. The summed E-state index contributed by atoms with van der Waals surface area (Å²) >= 11 is 11.9. The molecule has 2 N–H and O–H groups in total. The van der Waals surface area contributed by atoms with Crippen molar-refractivity contribution in [2.75, 3.05) is 12.4 Å². The lowest BCUT2D eigenvalue weighted by Crippen LogP contribution is -2.18. The Hall–Kier alpha value is -2.68. The Kier molecular flexibility index (Phi) is 6.90. The molecule has 0 saturated carbocycles. The third-order valence-electron chi connectivity index (χ3n) is 3.64. The van der Waals surface area contributed by atoms with Crippen LogP contribution in [0.5, 0.6) is 5.75 Å². The lowest BCUT2D eigenvalue weighted by molar-refractivity contribution is -0.112. The maximum atomic E-state index is 12.3. The number of carbonyl (C=O) groups is 1. The van der Waals surface area contributed by atoms with Gasteiger partial charge >= 0.3 is 0 Å². The molecule has 0 aromatic heterocycles. The molecular formula is C19H17Cl2N3O2. The van der Waals surface area contributed by atoms with Gasteiger partial charge in [0, 0.05) is 17.3 Å². The Morgan fingerprint density at radius 3 is 2.54 bits per heavy atom. The van der Waals surface area contributed by atoms with Crippen molar-refractivity contribution in [1.82, 2.24) is 5.32 Å². The van der Waals surface area contributed by atoms with E-state index in [0.717, 1.165) is 11.3 Å². The SMILES string of the molecule is COc1ccc(C(C)N/C=C(/C#N)C(=O)Nc2cc(Cl)ccc2Cl)cc1. The van der Waals surface area contributed by atoms with Crippen molar-refractivity contribution >= 4 is 34.8 Å². The molecular weight excluding hydrogens is 373 g/mol.